The Kier molecular flexibility index (Phi) is 5.53. The third-order valence-electron chi connectivity index (χ3n) is 4.09. The SMILES string of the molecule is CCOc1ccc2c(c1)c(C)c(C(=O)Nc1nnc(COC)s1)n2CC. The maximum atomic E-state index is 12.9. The molecule has 0 fully saturated rings. The number of hydrogen-bond acceptors (Lipinski definition) is 6. The van der Waals surface area contributed by atoms with Crippen molar-refractivity contribution in [1.82, 2.24) is 14.8 Å². The van der Waals surface area contributed by atoms with Crippen LogP contribution in [0.25, 0.3) is 10.9 Å². The quantitative estimate of drug-likeness (QED) is 0.683. The zero-order valence-electron chi connectivity index (χ0n) is 15.3. The van der Waals surface area contributed by atoms with E-state index < -0.39 is 0 Å². The molecule has 0 atom stereocenters. The van der Waals surface area contributed by atoms with Gasteiger partial charge in [-0.2, -0.15) is 0 Å². The molecule has 7 nitrogen and oxygen atoms in total. The van der Waals surface area contributed by atoms with Gasteiger partial charge in [-0.05, 0) is 44.5 Å². The lowest BCUT2D eigenvalue weighted by molar-refractivity contribution is 0.101. The summed E-state index contributed by atoms with van der Waals surface area (Å²) in [6.45, 7) is 7.59. The van der Waals surface area contributed by atoms with Crippen LogP contribution in [0.5, 0.6) is 5.75 Å². The molecule has 0 aliphatic carbocycles. The van der Waals surface area contributed by atoms with Gasteiger partial charge in [-0.15, -0.1) is 10.2 Å². The Morgan fingerprint density at radius 1 is 1.31 bits per heavy atom. The fraction of sp³-hybridized carbons (Fsp3) is 0.389. The number of anilines is 1. The monoisotopic (exact) mass is 374 g/mol. The summed E-state index contributed by atoms with van der Waals surface area (Å²) in [6, 6.07) is 5.91. The largest absolute Gasteiger partial charge is 0.494 e. The number of nitrogens with one attached hydrogen (secondary N) is 1. The van der Waals surface area contributed by atoms with Crippen LogP contribution in [0.3, 0.4) is 0 Å². The van der Waals surface area contributed by atoms with E-state index in [-0.39, 0.29) is 5.91 Å². The number of carbonyl (C=O) groups excluding carboxylic acids is 1. The van der Waals surface area contributed by atoms with Crippen molar-refractivity contribution in [2.24, 2.45) is 0 Å². The summed E-state index contributed by atoms with van der Waals surface area (Å²) < 4.78 is 12.6. The van der Waals surface area contributed by atoms with Crippen LogP contribution in [0.15, 0.2) is 18.2 Å². The summed E-state index contributed by atoms with van der Waals surface area (Å²) >= 11 is 1.31. The van der Waals surface area contributed by atoms with Crippen molar-refractivity contribution in [3.63, 3.8) is 0 Å². The van der Waals surface area contributed by atoms with Gasteiger partial charge < -0.3 is 14.0 Å². The Bertz CT molecular complexity index is 932. The first-order valence-electron chi connectivity index (χ1n) is 8.47. The molecule has 8 heteroatoms. The lowest BCUT2D eigenvalue weighted by Crippen LogP contribution is -2.17. The molecule has 1 aromatic carbocycles. The summed E-state index contributed by atoms with van der Waals surface area (Å²) in [5.74, 6) is 0.607. The number of hydrogen-bond donors (Lipinski definition) is 1. The van der Waals surface area contributed by atoms with Crippen LogP contribution in [0.4, 0.5) is 5.13 Å². The number of benzene rings is 1. The molecule has 1 amide bonds. The fourth-order valence-corrected chi connectivity index (χ4v) is 3.73. The Hall–Kier alpha value is -2.45. The molecule has 2 heterocycles. The molecule has 0 aliphatic heterocycles. The maximum Gasteiger partial charge on any atom is 0.274 e. The van der Waals surface area contributed by atoms with Gasteiger partial charge in [0.15, 0.2) is 0 Å². The number of ether oxygens (including phenoxy) is 2. The highest BCUT2D eigenvalue weighted by atomic mass is 32.1. The third-order valence-corrected chi connectivity index (χ3v) is 4.90. The third kappa shape index (κ3) is 3.42. The number of carbonyl (C=O) groups is 1. The van der Waals surface area contributed by atoms with Crippen LogP contribution in [0, 0.1) is 6.92 Å². The normalized spacial score (nSPS) is 11.1. The maximum absolute atomic E-state index is 12.9. The molecule has 3 rings (SSSR count). The van der Waals surface area contributed by atoms with E-state index in [2.05, 4.69) is 15.5 Å². The fourth-order valence-electron chi connectivity index (χ4n) is 3.02. The molecule has 0 aliphatic rings. The van der Waals surface area contributed by atoms with Crippen molar-refractivity contribution < 1.29 is 14.3 Å². The van der Waals surface area contributed by atoms with Gasteiger partial charge >= 0.3 is 0 Å². The number of rotatable bonds is 7. The predicted octanol–water partition coefficient (Wildman–Crippen LogP) is 3.62. The van der Waals surface area contributed by atoms with Crippen molar-refractivity contribution in [2.45, 2.75) is 33.9 Å². The molecule has 0 spiro atoms. The van der Waals surface area contributed by atoms with Crippen molar-refractivity contribution >= 4 is 33.3 Å². The van der Waals surface area contributed by atoms with Gasteiger partial charge in [-0.25, -0.2) is 0 Å². The summed E-state index contributed by atoms with van der Waals surface area (Å²) in [7, 11) is 1.60. The van der Waals surface area contributed by atoms with Gasteiger partial charge in [0.25, 0.3) is 5.91 Å². The molecule has 0 saturated carbocycles. The first-order valence-corrected chi connectivity index (χ1v) is 9.29. The lowest BCUT2D eigenvalue weighted by Gasteiger charge is -2.08. The van der Waals surface area contributed by atoms with Gasteiger partial charge in [0.05, 0.1) is 6.61 Å². The summed E-state index contributed by atoms with van der Waals surface area (Å²) in [5, 5.41) is 13.1. The number of nitrogens with zero attached hydrogens (tertiary/aromatic N) is 3. The standard InChI is InChI=1S/C18H22N4O3S/c1-5-22-14-8-7-12(25-6-2)9-13(14)11(3)16(22)17(23)19-18-21-20-15(26-18)10-24-4/h7-9H,5-6,10H2,1-4H3,(H,19,21,23). The number of aryl methyl sites for hydroxylation is 2. The Morgan fingerprint density at radius 3 is 2.81 bits per heavy atom. The van der Waals surface area contributed by atoms with Crippen molar-refractivity contribution in [2.75, 3.05) is 19.0 Å². The Labute approximate surface area is 155 Å². The number of fused-ring (bicyclic) bond motifs is 1. The minimum Gasteiger partial charge on any atom is -0.494 e. The van der Waals surface area contributed by atoms with Gasteiger partial charge in [0.2, 0.25) is 5.13 Å². The van der Waals surface area contributed by atoms with E-state index in [1.54, 1.807) is 7.11 Å². The Morgan fingerprint density at radius 2 is 2.12 bits per heavy atom. The second-order valence-corrected chi connectivity index (χ2v) is 6.78. The van der Waals surface area contributed by atoms with E-state index in [0.29, 0.717) is 30.6 Å². The average molecular weight is 374 g/mol. The van der Waals surface area contributed by atoms with Crippen LogP contribution in [-0.2, 0) is 17.9 Å². The molecule has 1 N–H and O–H groups in total. The molecule has 0 radical (unpaired) electrons. The number of aromatic nitrogens is 3. The van der Waals surface area contributed by atoms with Gasteiger partial charge in [-0.3, -0.25) is 10.1 Å². The van der Waals surface area contributed by atoms with Crippen LogP contribution in [0.2, 0.25) is 0 Å². The summed E-state index contributed by atoms with van der Waals surface area (Å²) in [4.78, 5) is 12.9. The van der Waals surface area contributed by atoms with Crippen LogP contribution < -0.4 is 10.1 Å². The van der Waals surface area contributed by atoms with E-state index >= 15 is 0 Å². The van der Waals surface area contributed by atoms with Gasteiger partial charge in [0, 0.05) is 24.6 Å². The number of methoxy groups -OCH3 is 1. The molecule has 138 valence electrons. The average Bonchev–Trinajstić information content (AvgIpc) is 3.17. The molecule has 3 aromatic rings. The zero-order valence-corrected chi connectivity index (χ0v) is 16.1. The van der Waals surface area contributed by atoms with Crippen molar-refractivity contribution in [3.8, 4) is 5.75 Å². The minimum atomic E-state index is -0.196. The summed E-state index contributed by atoms with van der Waals surface area (Å²) in [6.07, 6.45) is 0. The highest BCUT2D eigenvalue weighted by molar-refractivity contribution is 7.15. The van der Waals surface area contributed by atoms with Crippen LogP contribution in [0.1, 0.15) is 34.9 Å². The van der Waals surface area contributed by atoms with E-state index in [4.69, 9.17) is 9.47 Å². The van der Waals surface area contributed by atoms with Crippen LogP contribution in [-0.4, -0.2) is 34.4 Å². The van der Waals surface area contributed by atoms with E-state index in [0.717, 1.165) is 27.2 Å². The Balaban J connectivity index is 1.96. The van der Waals surface area contributed by atoms with Crippen LogP contribution >= 0.6 is 11.3 Å². The van der Waals surface area contributed by atoms with Crippen molar-refractivity contribution in [1.29, 1.82) is 0 Å². The molecular formula is C18H22N4O3S. The predicted molar refractivity (Wildman–Crippen MR) is 102 cm³/mol. The zero-order chi connectivity index (χ0) is 18.7. The highest BCUT2D eigenvalue weighted by Crippen LogP contribution is 2.30. The molecule has 2 aromatic heterocycles. The van der Waals surface area contributed by atoms with E-state index in [1.807, 2.05) is 43.5 Å². The highest BCUT2D eigenvalue weighted by Gasteiger charge is 2.21. The summed E-state index contributed by atoms with van der Waals surface area (Å²) in [5.41, 5.74) is 2.55. The number of amides is 1. The molecule has 0 bridgehead atoms. The molecule has 0 unspecified atom stereocenters. The van der Waals surface area contributed by atoms with E-state index in [9.17, 15) is 4.79 Å². The molecule has 26 heavy (non-hydrogen) atoms. The topological polar surface area (TPSA) is 78.3 Å². The first-order chi connectivity index (χ1) is 12.6. The van der Waals surface area contributed by atoms with Gasteiger partial charge in [-0.1, -0.05) is 11.3 Å². The van der Waals surface area contributed by atoms with E-state index in [1.165, 1.54) is 11.3 Å². The second-order valence-electron chi connectivity index (χ2n) is 5.72. The second kappa shape index (κ2) is 7.84. The van der Waals surface area contributed by atoms with Crippen molar-refractivity contribution in [3.05, 3.63) is 34.5 Å². The smallest absolute Gasteiger partial charge is 0.274 e. The van der Waals surface area contributed by atoms with Gasteiger partial charge in [0.1, 0.15) is 23.1 Å². The first kappa shape index (κ1) is 18.3. The lowest BCUT2D eigenvalue weighted by atomic mass is 10.1. The molecule has 0 saturated heterocycles. The minimum absolute atomic E-state index is 0.196. The molecular weight excluding hydrogens is 352 g/mol.